The van der Waals surface area contributed by atoms with Gasteiger partial charge in [0.15, 0.2) is 0 Å². The highest BCUT2D eigenvalue weighted by Gasteiger charge is 2.43. The molecule has 1 aromatic carbocycles. The molecule has 20 heavy (non-hydrogen) atoms. The first-order valence-electron chi connectivity index (χ1n) is 6.91. The fraction of sp³-hybridized carbons (Fsp3) is 0.571. The van der Waals surface area contributed by atoms with Crippen LogP contribution in [0.25, 0.3) is 0 Å². The van der Waals surface area contributed by atoms with Crippen LogP contribution < -0.4 is 15.0 Å². The smallest absolute Gasteiger partial charge is 0.296 e. The molecule has 0 amide bonds. The summed E-state index contributed by atoms with van der Waals surface area (Å²) in [6.45, 7) is 5.05. The van der Waals surface area contributed by atoms with Crippen LogP contribution in [-0.4, -0.2) is 37.7 Å². The molecule has 2 saturated heterocycles. The van der Waals surface area contributed by atoms with Gasteiger partial charge in [-0.15, -0.1) is 0 Å². The number of hydrogen-bond donors (Lipinski definition) is 1. The maximum atomic E-state index is 11.3. The van der Waals surface area contributed by atoms with Crippen LogP contribution in [0.2, 0.25) is 0 Å². The van der Waals surface area contributed by atoms with E-state index in [9.17, 15) is 10.1 Å². The van der Waals surface area contributed by atoms with Crippen molar-refractivity contribution < 1.29 is 9.66 Å². The van der Waals surface area contributed by atoms with Crippen LogP contribution in [0.1, 0.15) is 6.92 Å². The van der Waals surface area contributed by atoms with Gasteiger partial charge in [-0.3, -0.25) is 10.1 Å². The molecule has 2 heterocycles. The molecule has 0 saturated carbocycles. The van der Waals surface area contributed by atoms with Crippen molar-refractivity contribution in [1.29, 1.82) is 0 Å². The van der Waals surface area contributed by atoms with Gasteiger partial charge in [-0.1, -0.05) is 0 Å². The van der Waals surface area contributed by atoms with Gasteiger partial charge in [0.05, 0.1) is 18.1 Å². The van der Waals surface area contributed by atoms with Gasteiger partial charge >= 0.3 is 0 Å². The fourth-order valence-electron chi connectivity index (χ4n) is 3.50. The normalized spacial score (nSPS) is 28.5. The predicted octanol–water partition coefficient (Wildman–Crippen LogP) is 1.65. The first-order chi connectivity index (χ1) is 9.61. The number of nitrogens with zero attached hydrogens (tertiary/aromatic N) is 2. The average molecular weight is 277 g/mol. The number of ether oxygens (including phenoxy) is 1. The van der Waals surface area contributed by atoms with Gasteiger partial charge in [0.25, 0.3) is 5.69 Å². The molecular weight excluding hydrogens is 258 g/mol. The standard InChI is InChI=1S/C14H19N3O3/c1-9-12-7-15-6-10(12)8-16(9)13-4-3-11(20-2)5-14(13)17(18)19/h3-5,9-10,12,15H,6-8H2,1-2H3. The van der Waals surface area contributed by atoms with E-state index < -0.39 is 0 Å². The Balaban J connectivity index is 1.96. The molecule has 0 aromatic heterocycles. The Morgan fingerprint density at radius 3 is 2.90 bits per heavy atom. The molecule has 3 unspecified atom stereocenters. The van der Waals surface area contributed by atoms with E-state index >= 15 is 0 Å². The van der Waals surface area contributed by atoms with Gasteiger partial charge in [-0.25, -0.2) is 0 Å². The highest BCUT2D eigenvalue weighted by atomic mass is 16.6. The van der Waals surface area contributed by atoms with Crippen LogP contribution in [0.4, 0.5) is 11.4 Å². The lowest BCUT2D eigenvalue weighted by atomic mass is 9.95. The number of nitrogens with one attached hydrogen (secondary N) is 1. The topological polar surface area (TPSA) is 67.6 Å². The molecule has 0 bridgehead atoms. The fourth-order valence-corrected chi connectivity index (χ4v) is 3.50. The second-order valence-corrected chi connectivity index (χ2v) is 5.59. The molecule has 0 aliphatic carbocycles. The minimum absolute atomic E-state index is 0.129. The first kappa shape index (κ1) is 13.2. The van der Waals surface area contributed by atoms with Crippen LogP contribution in [-0.2, 0) is 0 Å². The highest BCUT2D eigenvalue weighted by molar-refractivity contribution is 5.66. The molecule has 1 N–H and O–H groups in total. The van der Waals surface area contributed by atoms with E-state index in [1.54, 1.807) is 6.07 Å². The summed E-state index contributed by atoms with van der Waals surface area (Å²) in [7, 11) is 1.52. The molecule has 0 radical (unpaired) electrons. The molecule has 1 aromatic rings. The third kappa shape index (κ3) is 2.00. The molecule has 0 spiro atoms. The Morgan fingerprint density at radius 1 is 1.45 bits per heavy atom. The summed E-state index contributed by atoms with van der Waals surface area (Å²) in [5, 5.41) is 14.7. The number of rotatable bonds is 3. The Kier molecular flexibility index (Phi) is 3.25. The Labute approximate surface area is 117 Å². The van der Waals surface area contributed by atoms with Crippen molar-refractivity contribution in [2.45, 2.75) is 13.0 Å². The molecule has 3 atom stereocenters. The van der Waals surface area contributed by atoms with Crippen molar-refractivity contribution in [2.24, 2.45) is 11.8 Å². The zero-order valence-corrected chi connectivity index (χ0v) is 11.7. The number of anilines is 1. The number of benzene rings is 1. The molecule has 6 heteroatoms. The summed E-state index contributed by atoms with van der Waals surface area (Å²) in [6, 6.07) is 5.43. The molecule has 108 valence electrons. The molecule has 2 fully saturated rings. The van der Waals surface area contributed by atoms with Gasteiger partial charge in [-0.2, -0.15) is 0 Å². The van der Waals surface area contributed by atoms with E-state index in [1.807, 2.05) is 6.07 Å². The summed E-state index contributed by atoms with van der Waals surface area (Å²) in [5.41, 5.74) is 0.835. The van der Waals surface area contributed by atoms with Crippen molar-refractivity contribution >= 4 is 11.4 Å². The summed E-state index contributed by atoms with van der Waals surface area (Å²) in [4.78, 5) is 13.2. The van der Waals surface area contributed by atoms with Crippen LogP contribution in [0.15, 0.2) is 18.2 Å². The number of methoxy groups -OCH3 is 1. The molecule has 6 nitrogen and oxygen atoms in total. The van der Waals surface area contributed by atoms with Crippen LogP contribution >= 0.6 is 0 Å². The third-order valence-electron chi connectivity index (χ3n) is 4.62. The number of hydrogen-bond acceptors (Lipinski definition) is 5. The zero-order valence-electron chi connectivity index (χ0n) is 11.7. The summed E-state index contributed by atoms with van der Waals surface area (Å²) < 4.78 is 5.09. The van der Waals surface area contributed by atoms with E-state index in [0.717, 1.165) is 19.6 Å². The van der Waals surface area contributed by atoms with E-state index in [0.29, 0.717) is 29.3 Å². The Morgan fingerprint density at radius 2 is 2.25 bits per heavy atom. The van der Waals surface area contributed by atoms with Gasteiger partial charge in [0, 0.05) is 25.7 Å². The van der Waals surface area contributed by atoms with Crippen molar-refractivity contribution in [1.82, 2.24) is 5.32 Å². The third-order valence-corrected chi connectivity index (χ3v) is 4.62. The van der Waals surface area contributed by atoms with E-state index in [1.165, 1.54) is 13.2 Å². The van der Waals surface area contributed by atoms with Crippen LogP contribution in [0, 0.1) is 22.0 Å². The highest BCUT2D eigenvalue weighted by Crippen LogP contribution is 2.40. The number of nitro benzene ring substituents is 1. The van der Waals surface area contributed by atoms with Crippen molar-refractivity contribution in [3.8, 4) is 5.75 Å². The van der Waals surface area contributed by atoms with Crippen LogP contribution in [0.3, 0.4) is 0 Å². The maximum Gasteiger partial charge on any atom is 0.296 e. The number of nitro groups is 1. The van der Waals surface area contributed by atoms with Crippen molar-refractivity contribution in [3.63, 3.8) is 0 Å². The van der Waals surface area contributed by atoms with Crippen molar-refractivity contribution in [3.05, 3.63) is 28.3 Å². The monoisotopic (exact) mass is 277 g/mol. The van der Waals surface area contributed by atoms with Gasteiger partial charge in [-0.05, 0) is 30.9 Å². The molecule has 2 aliphatic rings. The minimum Gasteiger partial charge on any atom is -0.496 e. The van der Waals surface area contributed by atoms with Gasteiger partial charge in [0.2, 0.25) is 0 Å². The summed E-state index contributed by atoms with van der Waals surface area (Å²) >= 11 is 0. The lowest BCUT2D eigenvalue weighted by molar-refractivity contribution is -0.384. The maximum absolute atomic E-state index is 11.3. The second kappa shape index (κ2) is 4.94. The van der Waals surface area contributed by atoms with E-state index in [-0.39, 0.29) is 10.6 Å². The zero-order chi connectivity index (χ0) is 14.3. The summed E-state index contributed by atoms with van der Waals surface area (Å²) in [5.74, 6) is 1.69. The van der Waals surface area contributed by atoms with Gasteiger partial charge < -0.3 is 15.0 Å². The quantitative estimate of drug-likeness (QED) is 0.672. The first-order valence-corrected chi connectivity index (χ1v) is 6.91. The number of fused-ring (bicyclic) bond motifs is 1. The second-order valence-electron chi connectivity index (χ2n) is 5.59. The Hall–Kier alpha value is -1.82. The van der Waals surface area contributed by atoms with E-state index in [2.05, 4.69) is 17.1 Å². The predicted molar refractivity (Wildman–Crippen MR) is 76.3 cm³/mol. The Bertz CT molecular complexity index is 534. The van der Waals surface area contributed by atoms with E-state index in [4.69, 9.17) is 4.74 Å². The lowest BCUT2D eigenvalue weighted by Gasteiger charge is -2.26. The largest absolute Gasteiger partial charge is 0.496 e. The average Bonchev–Trinajstić information content (AvgIpc) is 3.01. The SMILES string of the molecule is COc1ccc(N2CC3CNCC3C2C)c([N+](=O)[O-])c1. The van der Waals surface area contributed by atoms with Crippen molar-refractivity contribution in [2.75, 3.05) is 31.6 Å². The molecule has 2 aliphatic heterocycles. The van der Waals surface area contributed by atoms with Gasteiger partial charge in [0.1, 0.15) is 11.4 Å². The molecular formula is C14H19N3O3. The summed E-state index contributed by atoms with van der Waals surface area (Å²) in [6.07, 6.45) is 0. The van der Waals surface area contributed by atoms with Crippen LogP contribution in [0.5, 0.6) is 5.75 Å². The molecule has 3 rings (SSSR count). The minimum atomic E-state index is -0.322. The lowest BCUT2D eigenvalue weighted by Crippen LogP contribution is -2.33.